The van der Waals surface area contributed by atoms with Crippen molar-refractivity contribution in [3.8, 4) is 5.88 Å². The predicted octanol–water partition coefficient (Wildman–Crippen LogP) is 2.99. The van der Waals surface area contributed by atoms with Crippen LogP contribution in [0, 0.1) is 6.92 Å². The molecule has 166 valence electrons. The SMILES string of the molecule is Cc1cccc(CC(=O)Cc2cc(OCCc3ccccn3)nc(N3CCOCC3)n2)c1. The molecule has 3 aromatic rings. The van der Waals surface area contributed by atoms with E-state index in [-0.39, 0.29) is 12.2 Å². The monoisotopic (exact) mass is 432 g/mol. The van der Waals surface area contributed by atoms with Crippen LogP contribution in [0.2, 0.25) is 0 Å². The number of ketones is 1. The van der Waals surface area contributed by atoms with E-state index in [1.54, 1.807) is 12.3 Å². The van der Waals surface area contributed by atoms with Crippen LogP contribution in [-0.2, 0) is 28.8 Å². The third-order valence-electron chi connectivity index (χ3n) is 5.23. The summed E-state index contributed by atoms with van der Waals surface area (Å²) in [6, 6.07) is 15.6. The molecule has 7 nitrogen and oxygen atoms in total. The van der Waals surface area contributed by atoms with Crippen molar-refractivity contribution in [2.24, 2.45) is 0 Å². The normalized spacial score (nSPS) is 13.7. The minimum Gasteiger partial charge on any atom is -0.477 e. The first-order chi connectivity index (χ1) is 15.7. The number of ether oxygens (including phenoxy) is 2. The highest BCUT2D eigenvalue weighted by molar-refractivity contribution is 5.82. The Morgan fingerprint density at radius 3 is 2.69 bits per heavy atom. The van der Waals surface area contributed by atoms with Crippen molar-refractivity contribution in [1.29, 1.82) is 0 Å². The zero-order valence-electron chi connectivity index (χ0n) is 18.4. The van der Waals surface area contributed by atoms with Crippen LogP contribution in [0.4, 0.5) is 5.95 Å². The molecule has 0 unspecified atom stereocenters. The fourth-order valence-electron chi connectivity index (χ4n) is 3.65. The van der Waals surface area contributed by atoms with Gasteiger partial charge in [0.2, 0.25) is 11.8 Å². The second kappa shape index (κ2) is 10.8. The Labute approximate surface area is 188 Å². The summed E-state index contributed by atoms with van der Waals surface area (Å²) in [6.07, 6.45) is 3.08. The highest BCUT2D eigenvalue weighted by Gasteiger charge is 2.17. The van der Waals surface area contributed by atoms with Gasteiger partial charge in [-0.15, -0.1) is 0 Å². The molecule has 2 aromatic heterocycles. The standard InChI is InChI=1S/C25H28N4O3/c1-19-5-4-6-20(15-19)16-23(30)17-22-18-24(32-12-8-21-7-2-3-9-26-21)28-25(27-22)29-10-13-31-14-11-29/h2-7,9,15,18H,8,10-14,16-17H2,1H3. The van der Waals surface area contributed by atoms with Gasteiger partial charge in [0, 0.05) is 50.3 Å². The molecule has 0 aliphatic carbocycles. The summed E-state index contributed by atoms with van der Waals surface area (Å²) in [7, 11) is 0. The number of Topliss-reactive ketones (excluding diaryl/α,β-unsaturated/α-hetero) is 1. The van der Waals surface area contributed by atoms with Gasteiger partial charge < -0.3 is 14.4 Å². The minimum atomic E-state index is 0.113. The topological polar surface area (TPSA) is 77.4 Å². The van der Waals surface area contributed by atoms with Crippen molar-refractivity contribution in [2.45, 2.75) is 26.2 Å². The molecule has 1 saturated heterocycles. The lowest BCUT2D eigenvalue weighted by Gasteiger charge is -2.27. The van der Waals surface area contributed by atoms with Gasteiger partial charge in [0.15, 0.2) is 0 Å². The number of carbonyl (C=O) groups is 1. The molecule has 0 N–H and O–H groups in total. The van der Waals surface area contributed by atoms with E-state index in [2.05, 4.69) is 19.9 Å². The van der Waals surface area contributed by atoms with Crippen LogP contribution in [0.3, 0.4) is 0 Å². The average Bonchev–Trinajstić information content (AvgIpc) is 2.80. The van der Waals surface area contributed by atoms with Crippen LogP contribution in [0.5, 0.6) is 5.88 Å². The molecule has 3 heterocycles. The third kappa shape index (κ3) is 6.34. The van der Waals surface area contributed by atoms with E-state index < -0.39 is 0 Å². The third-order valence-corrected chi connectivity index (χ3v) is 5.23. The first kappa shape index (κ1) is 21.9. The molecular weight excluding hydrogens is 404 g/mol. The molecule has 0 spiro atoms. The van der Waals surface area contributed by atoms with E-state index in [1.807, 2.05) is 49.4 Å². The molecule has 0 saturated carbocycles. The van der Waals surface area contributed by atoms with Crippen molar-refractivity contribution in [2.75, 3.05) is 37.8 Å². The number of aromatic nitrogens is 3. The number of anilines is 1. The molecule has 1 aliphatic rings. The van der Waals surface area contributed by atoms with E-state index in [9.17, 15) is 4.79 Å². The number of morpholine rings is 1. The Bertz CT molecular complexity index is 1040. The van der Waals surface area contributed by atoms with Crippen molar-refractivity contribution < 1.29 is 14.3 Å². The number of rotatable bonds is 9. The van der Waals surface area contributed by atoms with E-state index in [0.717, 1.165) is 16.8 Å². The van der Waals surface area contributed by atoms with E-state index in [1.165, 1.54) is 0 Å². The number of pyridine rings is 1. The second-order valence-electron chi connectivity index (χ2n) is 7.90. The summed E-state index contributed by atoms with van der Waals surface area (Å²) >= 11 is 0. The summed E-state index contributed by atoms with van der Waals surface area (Å²) in [5, 5.41) is 0. The lowest BCUT2D eigenvalue weighted by Crippen LogP contribution is -2.37. The molecule has 4 rings (SSSR count). The minimum absolute atomic E-state index is 0.113. The zero-order valence-corrected chi connectivity index (χ0v) is 18.4. The predicted molar refractivity (Wildman–Crippen MR) is 122 cm³/mol. The van der Waals surface area contributed by atoms with Gasteiger partial charge in [0.25, 0.3) is 0 Å². The second-order valence-corrected chi connectivity index (χ2v) is 7.90. The quantitative estimate of drug-likeness (QED) is 0.514. The first-order valence-electron chi connectivity index (χ1n) is 11.0. The lowest BCUT2D eigenvalue weighted by molar-refractivity contribution is -0.117. The molecule has 7 heteroatoms. The molecule has 32 heavy (non-hydrogen) atoms. The molecule has 0 atom stereocenters. The Morgan fingerprint density at radius 1 is 1.03 bits per heavy atom. The largest absolute Gasteiger partial charge is 0.477 e. The van der Waals surface area contributed by atoms with Crippen molar-refractivity contribution in [3.63, 3.8) is 0 Å². The fourth-order valence-corrected chi connectivity index (χ4v) is 3.65. The highest BCUT2D eigenvalue weighted by atomic mass is 16.5. The van der Waals surface area contributed by atoms with Gasteiger partial charge in [-0.05, 0) is 24.6 Å². The summed E-state index contributed by atoms with van der Waals surface area (Å²) in [5.41, 5.74) is 3.80. The van der Waals surface area contributed by atoms with Crippen molar-refractivity contribution in [1.82, 2.24) is 15.0 Å². The number of benzene rings is 1. The van der Waals surface area contributed by atoms with E-state index in [0.29, 0.717) is 63.3 Å². The van der Waals surface area contributed by atoms with Crippen LogP contribution in [0.1, 0.15) is 22.5 Å². The number of hydrogen-bond donors (Lipinski definition) is 0. The van der Waals surface area contributed by atoms with Gasteiger partial charge in [-0.1, -0.05) is 35.9 Å². The van der Waals surface area contributed by atoms with Gasteiger partial charge in [-0.25, -0.2) is 4.98 Å². The Balaban J connectivity index is 1.46. The lowest BCUT2D eigenvalue weighted by atomic mass is 10.0. The number of carbonyl (C=O) groups excluding carboxylic acids is 1. The van der Waals surface area contributed by atoms with Crippen LogP contribution in [-0.4, -0.2) is 53.6 Å². The van der Waals surface area contributed by atoms with Crippen molar-refractivity contribution >= 4 is 11.7 Å². The average molecular weight is 433 g/mol. The van der Waals surface area contributed by atoms with Gasteiger partial charge in [0.1, 0.15) is 5.78 Å². The maximum atomic E-state index is 12.7. The number of aryl methyl sites for hydroxylation is 1. The van der Waals surface area contributed by atoms with Crippen LogP contribution < -0.4 is 9.64 Å². The Kier molecular flexibility index (Phi) is 7.40. The molecule has 1 aliphatic heterocycles. The number of nitrogens with zero attached hydrogens (tertiary/aromatic N) is 4. The summed E-state index contributed by atoms with van der Waals surface area (Å²) in [5.74, 6) is 1.18. The summed E-state index contributed by atoms with van der Waals surface area (Å²) in [6.45, 7) is 5.18. The first-order valence-corrected chi connectivity index (χ1v) is 11.0. The highest BCUT2D eigenvalue weighted by Crippen LogP contribution is 2.18. The van der Waals surface area contributed by atoms with Gasteiger partial charge in [-0.3, -0.25) is 9.78 Å². The van der Waals surface area contributed by atoms with Crippen LogP contribution >= 0.6 is 0 Å². The maximum absolute atomic E-state index is 12.7. The van der Waals surface area contributed by atoms with Gasteiger partial charge >= 0.3 is 0 Å². The fraction of sp³-hybridized carbons (Fsp3) is 0.360. The van der Waals surface area contributed by atoms with Crippen LogP contribution in [0.25, 0.3) is 0 Å². The zero-order chi connectivity index (χ0) is 22.2. The molecule has 1 aromatic carbocycles. The maximum Gasteiger partial charge on any atom is 0.229 e. The molecular formula is C25H28N4O3. The molecule has 0 bridgehead atoms. The summed E-state index contributed by atoms with van der Waals surface area (Å²) < 4.78 is 11.4. The Hall–Kier alpha value is -3.32. The van der Waals surface area contributed by atoms with Gasteiger partial charge in [-0.2, -0.15) is 4.98 Å². The molecule has 0 amide bonds. The van der Waals surface area contributed by atoms with E-state index >= 15 is 0 Å². The van der Waals surface area contributed by atoms with Crippen LogP contribution in [0.15, 0.2) is 54.7 Å². The smallest absolute Gasteiger partial charge is 0.229 e. The number of hydrogen-bond acceptors (Lipinski definition) is 7. The van der Waals surface area contributed by atoms with Crippen molar-refractivity contribution in [3.05, 3.63) is 77.2 Å². The van der Waals surface area contributed by atoms with E-state index in [4.69, 9.17) is 9.47 Å². The summed E-state index contributed by atoms with van der Waals surface area (Å²) in [4.78, 5) is 28.4. The molecule has 0 radical (unpaired) electrons. The molecule has 1 fully saturated rings. The Morgan fingerprint density at radius 2 is 1.91 bits per heavy atom. The van der Waals surface area contributed by atoms with Gasteiger partial charge in [0.05, 0.1) is 25.5 Å².